The molecule has 1 aromatic rings. The van der Waals surface area contributed by atoms with Gasteiger partial charge in [-0.2, -0.15) is 4.98 Å². The highest BCUT2D eigenvalue weighted by atomic mass is 16.5. The van der Waals surface area contributed by atoms with Gasteiger partial charge in [0.1, 0.15) is 0 Å². The third-order valence-electron chi connectivity index (χ3n) is 3.06. The minimum Gasteiger partial charge on any atom is -0.343 e. The average molecular weight is 237 g/mol. The molecule has 1 aliphatic heterocycles. The van der Waals surface area contributed by atoms with E-state index < -0.39 is 0 Å². The zero-order valence-corrected chi connectivity index (χ0v) is 10.3. The van der Waals surface area contributed by atoms with E-state index in [1.807, 2.05) is 4.90 Å². The number of rotatable bonds is 4. The fourth-order valence-corrected chi connectivity index (χ4v) is 2.13. The van der Waals surface area contributed by atoms with Crippen molar-refractivity contribution in [2.75, 3.05) is 13.1 Å². The molecule has 1 aliphatic rings. The highest BCUT2D eigenvalue weighted by Crippen LogP contribution is 2.11. The van der Waals surface area contributed by atoms with Crippen LogP contribution in [-0.2, 0) is 11.2 Å². The van der Waals surface area contributed by atoms with Gasteiger partial charge in [0.15, 0.2) is 5.82 Å². The Morgan fingerprint density at radius 1 is 1.35 bits per heavy atom. The van der Waals surface area contributed by atoms with Crippen molar-refractivity contribution in [1.82, 2.24) is 15.0 Å². The van der Waals surface area contributed by atoms with E-state index in [1.165, 1.54) is 6.42 Å². The van der Waals surface area contributed by atoms with Crippen molar-refractivity contribution in [3.63, 3.8) is 0 Å². The Morgan fingerprint density at radius 2 is 2.12 bits per heavy atom. The summed E-state index contributed by atoms with van der Waals surface area (Å²) in [6, 6.07) is 0. The first-order valence-corrected chi connectivity index (χ1v) is 6.32. The first-order valence-electron chi connectivity index (χ1n) is 6.32. The summed E-state index contributed by atoms with van der Waals surface area (Å²) >= 11 is 0. The van der Waals surface area contributed by atoms with Gasteiger partial charge in [0.2, 0.25) is 11.8 Å². The first-order chi connectivity index (χ1) is 8.25. The predicted molar refractivity (Wildman–Crippen MR) is 62.4 cm³/mol. The Bertz CT molecular complexity index is 370. The standard InChI is InChI=1S/C12H19N3O2/c1-10-13-11(17-14-10)6-5-7-12(16)15-8-3-2-4-9-15/h2-9H2,1H3. The third kappa shape index (κ3) is 3.54. The normalized spacial score (nSPS) is 16.2. The SMILES string of the molecule is Cc1noc(CCCC(=O)N2CCCCC2)n1. The summed E-state index contributed by atoms with van der Waals surface area (Å²) in [5.74, 6) is 1.55. The average Bonchev–Trinajstić information content (AvgIpc) is 2.76. The monoisotopic (exact) mass is 237 g/mol. The van der Waals surface area contributed by atoms with Crippen molar-refractivity contribution in [3.05, 3.63) is 11.7 Å². The van der Waals surface area contributed by atoms with Gasteiger partial charge in [-0.3, -0.25) is 4.79 Å². The second kappa shape index (κ2) is 5.80. The van der Waals surface area contributed by atoms with E-state index in [0.29, 0.717) is 24.6 Å². The highest BCUT2D eigenvalue weighted by Gasteiger charge is 2.16. The van der Waals surface area contributed by atoms with Crippen molar-refractivity contribution in [3.8, 4) is 0 Å². The summed E-state index contributed by atoms with van der Waals surface area (Å²) in [7, 11) is 0. The van der Waals surface area contributed by atoms with Gasteiger partial charge in [-0.05, 0) is 32.6 Å². The van der Waals surface area contributed by atoms with Crippen molar-refractivity contribution in [2.24, 2.45) is 0 Å². The Labute approximate surface area is 101 Å². The lowest BCUT2D eigenvalue weighted by Crippen LogP contribution is -2.35. The maximum absolute atomic E-state index is 11.9. The predicted octanol–water partition coefficient (Wildman–Crippen LogP) is 1.71. The molecule has 2 heterocycles. The van der Waals surface area contributed by atoms with Crippen LogP contribution in [0.2, 0.25) is 0 Å². The summed E-state index contributed by atoms with van der Waals surface area (Å²) in [6.07, 6.45) is 5.62. The second-order valence-electron chi connectivity index (χ2n) is 4.53. The Hall–Kier alpha value is -1.39. The molecule has 5 heteroatoms. The molecule has 0 saturated carbocycles. The van der Waals surface area contributed by atoms with Crippen LogP contribution in [0.4, 0.5) is 0 Å². The smallest absolute Gasteiger partial charge is 0.226 e. The summed E-state index contributed by atoms with van der Waals surface area (Å²) in [5.41, 5.74) is 0. The molecule has 0 bridgehead atoms. The van der Waals surface area contributed by atoms with Crippen molar-refractivity contribution >= 4 is 5.91 Å². The van der Waals surface area contributed by atoms with Crippen LogP contribution in [-0.4, -0.2) is 34.0 Å². The molecule has 1 aromatic heterocycles. The zero-order chi connectivity index (χ0) is 12.1. The Balaban J connectivity index is 1.69. The minimum atomic E-state index is 0.265. The second-order valence-corrected chi connectivity index (χ2v) is 4.53. The van der Waals surface area contributed by atoms with Crippen LogP contribution in [0.15, 0.2) is 4.52 Å². The van der Waals surface area contributed by atoms with E-state index >= 15 is 0 Å². The third-order valence-corrected chi connectivity index (χ3v) is 3.06. The Morgan fingerprint density at radius 3 is 2.76 bits per heavy atom. The van der Waals surface area contributed by atoms with E-state index in [4.69, 9.17) is 4.52 Å². The minimum absolute atomic E-state index is 0.265. The number of aromatic nitrogens is 2. The molecule has 0 N–H and O–H groups in total. The van der Waals surface area contributed by atoms with Crippen LogP contribution in [0.1, 0.15) is 43.8 Å². The zero-order valence-electron chi connectivity index (χ0n) is 10.3. The summed E-state index contributed by atoms with van der Waals surface area (Å²) in [5, 5.41) is 3.72. The van der Waals surface area contributed by atoms with Gasteiger partial charge in [-0.25, -0.2) is 0 Å². The van der Waals surface area contributed by atoms with Crippen LogP contribution < -0.4 is 0 Å². The molecule has 0 radical (unpaired) electrons. The molecular formula is C12H19N3O2. The summed E-state index contributed by atoms with van der Waals surface area (Å²) in [4.78, 5) is 17.9. The molecule has 0 aromatic carbocycles. The summed E-state index contributed by atoms with van der Waals surface area (Å²) in [6.45, 7) is 3.66. The van der Waals surface area contributed by atoms with Crippen molar-refractivity contribution in [1.29, 1.82) is 0 Å². The number of nitrogens with zero attached hydrogens (tertiary/aromatic N) is 3. The molecule has 17 heavy (non-hydrogen) atoms. The number of piperidine rings is 1. The van der Waals surface area contributed by atoms with Gasteiger partial charge in [0, 0.05) is 25.9 Å². The quantitative estimate of drug-likeness (QED) is 0.800. The topological polar surface area (TPSA) is 59.2 Å². The van der Waals surface area contributed by atoms with Crippen LogP contribution in [0.5, 0.6) is 0 Å². The molecule has 2 rings (SSSR count). The molecule has 0 aliphatic carbocycles. The number of carbonyl (C=O) groups excluding carboxylic acids is 1. The number of hydrogen-bond donors (Lipinski definition) is 0. The molecule has 5 nitrogen and oxygen atoms in total. The molecule has 1 saturated heterocycles. The fourth-order valence-electron chi connectivity index (χ4n) is 2.13. The number of hydrogen-bond acceptors (Lipinski definition) is 4. The lowest BCUT2D eigenvalue weighted by atomic mass is 10.1. The number of likely N-dealkylation sites (tertiary alicyclic amines) is 1. The van der Waals surface area contributed by atoms with Crippen LogP contribution in [0.3, 0.4) is 0 Å². The largest absolute Gasteiger partial charge is 0.343 e. The van der Waals surface area contributed by atoms with Gasteiger partial charge < -0.3 is 9.42 Å². The highest BCUT2D eigenvalue weighted by molar-refractivity contribution is 5.76. The van der Waals surface area contributed by atoms with Gasteiger partial charge in [-0.1, -0.05) is 5.16 Å². The van der Waals surface area contributed by atoms with Crippen molar-refractivity contribution in [2.45, 2.75) is 45.4 Å². The maximum Gasteiger partial charge on any atom is 0.226 e. The molecule has 1 fully saturated rings. The van der Waals surface area contributed by atoms with Gasteiger partial charge in [0.05, 0.1) is 0 Å². The lowest BCUT2D eigenvalue weighted by molar-refractivity contribution is -0.132. The molecule has 1 amide bonds. The summed E-state index contributed by atoms with van der Waals surface area (Å²) < 4.78 is 5.01. The van der Waals surface area contributed by atoms with E-state index in [0.717, 1.165) is 32.4 Å². The first kappa shape index (κ1) is 12.1. The molecular weight excluding hydrogens is 218 g/mol. The van der Waals surface area contributed by atoms with Crippen LogP contribution in [0.25, 0.3) is 0 Å². The number of amides is 1. The van der Waals surface area contributed by atoms with Gasteiger partial charge in [0.25, 0.3) is 0 Å². The molecule has 0 spiro atoms. The van der Waals surface area contributed by atoms with Crippen LogP contribution >= 0.6 is 0 Å². The van der Waals surface area contributed by atoms with Gasteiger partial charge in [-0.15, -0.1) is 0 Å². The van der Waals surface area contributed by atoms with E-state index in [2.05, 4.69) is 10.1 Å². The van der Waals surface area contributed by atoms with Gasteiger partial charge >= 0.3 is 0 Å². The van der Waals surface area contributed by atoms with E-state index in [9.17, 15) is 4.79 Å². The molecule has 0 atom stereocenters. The Kier molecular flexibility index (Phi) is 4.12. The maximum atomic E-state index is 11.9. The van der Waals surface area contributed by atoms with E-state index in [1.54, 1.807) is 6.92 Å². The lowest BCUT2D eigenvalue weighted by Gasteiger charge is -2.26. The molecule has 94 valence electrons. The fraction of sp³-hybridized carbons (Fsp3) is 0.750. The number of aryl methyl sites for hydroxylation is 2. The van der Waals surface area contributed by atoms with Crippen molar-refractivity contribution < 1.29 is 9.32 Å². The van der Waals surface area contributed by atoms with E-state index in [-0.39, 0.29) is 5.91 Å². The number of carbonyl (C=O) groups is 1. The molecule has 0 unspecified atom stereocenters. The van der Waals surface area contributed by atoms with Crippen LogP contribution in [0, 0.1) is 6.92 Å².